The summed E-state index contributed by atoms with van der Waals surface area (Å²) in [6.07, 6.45) is 3.20. The summed E-state index contributed by atoms with van der Waals surface area (Å²) >= 11 is 0. The largest absolute Gasteiger partial charge is 0.409 e. The van der Waals surface area contributed by atoms with Crippen molar-refractivity contribution >= 4 is 5.84 Å². The van der Waals surface area contributed by atoms with Crippen LogP contribution in [0.2, 0.25) is 0 Å². The lowest BCUT2D eigenvalue weighted by Gasteiger charge is -2.41. The molecule has 0 heterocycles. The number of benzene rings is 1. The molecule has 1 aliphatic rings. The summed E-state index contributed by atoms with van der Waals surface area (Å²) in [5.74, 6) is 0.109. The number of oxime groups is 1. The zero-order chi connectivity index (χ0) is 13.0. The van der Waals surface area contributed by atoms with Crippen molar-refractivity contribution in [3.8, 4) is 0 Å². The van der Waals surface area contributed by atoms with Crippen LogP contribution in [-0.4, -0.2) is 28.3 Å². The molecule has 0 radical (unpaired) electrons. The lowest BCUT2D eigenvalue weighted by molar-refractivity contribution is 0.0872. The highest BCUT2D eigenvalue weighted by molar-refractivity contribution is 5.97. The predicted octanol–water partition coefficient (Wildman–Crippen LogP) is 0.786. The van der Waals surface area contributed by atoms with Crippen LogP contribution < -0.4 is 11.1 Å². The van der Waals surface area contributed by atoms with Gasteiger partial charge in [0.1, 0.15) is 0 Å². The van der Waals surface area contributed by atoms with E-state index in [1.165, 1.54) is 0 Å². The second-order valence-corrected chi connectivity index (χ2v) is 4.83. The van der Waals surface area contributed by atoms with Crippen molar-refractivity contribution < 1.29 is 10.3 Å². The van der Waals surface area contributed by atoms with E-state index in [-0.39, 0.29) is 18.0 Å². The molecule has 18 heavy (non-hydrogen) atoms. The van der Waals surface area contributed by atoms with E-state index in [1.807, 2.05) is 18.2 Å². The van der Waals surface area contributed by atoms with E-state index in [9.17, 15) is 5.11 Å². The Bertz CT molecular complexity index is 436. The van der Waals surface area contributed by atoms with Gasteiger partial charge in [-0.25, -0.2) is 0 Å². The zero-order valence-corrected chi connectivity index (χ0v) is 10.3. The number of hydrogen-bond donors (Lipinski definition) is 4. The lowest BCUT2D eigenvalue weighted by atomic mass is 9.77. The van der Waals surface area contributed by atoms with Crippen molar-refractivity contribution in [3.63, 3.8) is 0 Å². The molecule has 0 amide bonds. The number of aliphatic hydroxyl groups is 1. The Balaban J connectivity index is 2.01. The van der Waals surface area contributed by atoms with Gasteiger partial charge < -0.3 is 21.4 Å². The molecule has 1 fully saturated rings. The molecule has 5 N–H and O–H groups in total. The number of rotatable bonds is 5. The third-order valence-corrected chi connectivity index (χ3v) is 3.61. The van der Waals surface area contributed by atoms with Crippen LogP contribution in [0.25, 0.3) is 0 Å². The first-order valence-corrected chi connectivity index (χ1v) is 6.12. The highest BCUT2D eigenvalue weighted by atomic mass is 16.4. The van der Waals surface area contributed by atoms with Gasteiger partial charge in [-0.2, -0.15) is 0 Å². The van der Waals surface area contributed by atoms with E-state index in [0.717, 1.165) is 24.8 Å². The summed E-state index contributed by atoms with van der Waals surface area (Å²) in [6.45, 7) is 0.847. The Hall–Kier alpha value is -1.59. The lowest BCUT2D eigenvalue weighted by Crippen LogP contribution is -2.53. The van der Waals surface area contributed by atoms with Crippen molar-refractivity contribution in [2.24, 2.45) is 10.9 Å². The van der Waals surface area contributed by atoms with Crippen LogP contribution in [0.15, 0.2) is 29.4 Å². The summed E-state index contributed by atoms with van der Waals surface area (Å²) in [5, 5.41) is 24.4. The molecular formula is C13H19N3O2. The Morgan fingerprint density at radius 1 is 1.44 bits per heavy atom. The van der Waals surface area contributed by atoms with Gasteiger partial charge in [0.2, 0.25) is 0 Å². The summed E-state index contributed by atoms with van der Waals surface area (Å²) in [4.78, 5) is 0. The summed E-state index contributed by atoms with van der Waals surface area (Å²) in [5.41, 5.74) is 7.20. The summed E-state index contributed by atoms with van der Waals surface area (Å²) in [6, 6.07) is 7.52. The van der Waals surface area contributed by atoms with Gasteiger partial charge >= 0.3 is 0 Å². The molecule has 98 valence electrons. The first kappa shape index (κ1) is 12.9. The Morgan fingerprint density at radius 2 is 2.22 bits per heavy atom. The van der Waals surface area contributed by atoms with E-state index >= 15 is 0 Å². The first-order chi connectivity index (χ1) is 8.69. The van der Waals surface area contributed by atoms with Gasteiger partial charge in [0, 0.05) is 17.6 Å². The van der Waals surface area contributed by atoms with E-state index in [1.54, 1.807) is 6.07 Å². The van der Waals surface area contributed by atoms with Crippen molar-refractivity contribution in [1.82, 2.24) is 5.32 Å². The highest BCUT2D eigenvalue weighted by Crippen LogP contribution is 2.31. The average molecular weight is 249 g/mol. The maximum absolute atomic E-state index is 9.36. The molecule has 0 unspecified atom stereocenters. The number of nitrogens with two attached hydrogens (primary N) is 1. The number of aliphatic hydroxyl groups excluding tert-OH is 1. The van der Waals surface area contributed by atoms with Gasteiger partial charge in [-0.05, 0) is 30.9 Å². The van der Waals surface area contributed by atoms with Gasteiger partial charge in [-0.1, -0.05) is 23.4 Å². The monoisotopic (exact) mass is 249 g/mol. The van der Waals surface area contributed by atoms with Crippen LogP contribution >= 0.6 is 0 Å². The quantitative estimate of drug-likeness (QED) is 0.269. The fourth-order valence-corrected chi connectivity index (χ4v) is 2.18. The third-order valence-electron chi connectivity index (χ3n) is 3.61. The van der Waals surface area contributed by atoms with E-state index in [2.05, 4.69) is 10.5 Å². The van der Waals surface area contributed by atoms with Gasteiger partial charge in [0.25, 0.3) is 0 Å². The smallest absolute Gasteiger partial charge is 0.170 e. The van der Waals surface area contributed by atoms with E-state index < -0.39 is 0 Å². The Morgan fingerprint density at radius 3 is 2.78 bits per heavy atom. The van der Waals surface area contributed by atoms with Crippen LogP contribution in [0.4, 0.5) is 0 Å². The predicted molar refractivity (Wildman–Crippen MR) is 69.5 cm³/mol. The molecule has 0 aromatic heterocycles. The van der Waals surface area contributed by atoms with E-state index in [0.29, 0.717) is 12.1 Å². The molecular weight excluding hydrogens is 230 g/mol. The summed E-state index contributed by atoms with van der Waals surface area (Å²) in [7, 11) is 0. The number of hydrogen-bond acceptors (Lipinski definition) is 4. The number of amidine groups is 1. The Labute approximate surface area is 106 Å². The van der Waals surface area contributed by atoms with Gasteiger partial charge in [0.05, 0.1) is 6.61 Å². The van der Waals surface area contributed by atoms with Gasteiger partial charge in [-0.3, -0.25) is 0 Å². The fraction of sp³-hybridized carbons (Fsp3) is 0.462. The van der Waals surface area contributed by atoms with Crippen LogP contribution in [0.1, 0.15) is 30.4 Å². The minimum Gasteiger partial charge on any atom is -0.409 e. The van der Waals surface area contributed by atoms with Crippen molar-refractivity contribution in [1.29, 1.82) is 0 Å². The molecule has 1 aliphatic carbocycles. The zero-order valence-electron chi connectivity index (χ0n) is 10.3. The fourth-order valence-electron chi connectivity index (χ4n) is 2.18. The maximum atomic E-state index is 9.36. The molecule has 1 saturated carbocycles. The maximum Gasteiger partial charge on any atom is 0.170 e. The normalized spacial score (nSPS) is 18.4. The Kier molecular flexibility index (Phi) is 3.84. The summed E-state index contributed by atoms with van der Waals surface area (Å²) < 4.78 is 0. The number of nitrogens with one attached hydrogen (secondary N) is 1. The standard InChI is InChI=1S/C13H19N3O2/c14-12(16-18)11-4-1-3-10(7-11)8-15-13(9-17)5-2-6-13/h1,3-4,7,15,17-18H,2,5-6,8-9H2,(H2,14,16). The van der Waals surface area contributed by atoms with Crippen LogP contribution in [0.5, 0.6) is 0 Å². The molecule has 5 heteroatoms. The van der Waals surface area contributed by atoms with Gasteiger partial charge in [0.15, 0.2) is 5.84 Å². The van der Waals surface area contributed by atoms with Crippen molar-refractivity contribution in [2.75, 3.05) is 6.61 Å². The van der Waals surface area contributed by atoms with Gasteiger partial charge in [-0.15, -0.1) is 0 Å². The molecule has 0 aliphatic heterocycles. The topological polar surface area (TPSA) is 90.9 Å². The molecule has 0 spiro atoms. The first-order valence-electron chi connectivity index (χ1n) is 6.12. The molecule has 0 saturated heterocycles. The van der Waals surface area contributed by atoms with Crippen molar-refractivity contribution in [2.45, 2.75) is 31.3 Å². The van der Waals surface area contributed by atoms with E-state index in [4.69, 9.17) is 10.9 Å². The molecule has 0 bridgehead atoms. The second kappa shape index (κ2) is 5.37. The average Bonchev–Trinajstić information content (AvgIpc) is 2.37. The third kappa shape index (κ3) is 2.63. The van der Waals surface area contributed by atoms with Crippen molar-refractivity contribution in [3.05, 3.63) is 35.4 Å². The molecule has 1 aromatic rings. The highest BCUT2D eigenvalue weighted by Gasteiger charge is 2.35. The van der Waals surface area contributed by atoms with Crippen LogP contribution in [0.3, 0.4) is 0 Å². The van der Waals surface area contributed by atoms with Crippen LogP contribution in [-0.2, 0) is 6.54 Å². The SMILES string of the molecule is N/C(=N/O)c1cccc(CNC2(CO)CCC2)c1. The minimum absolute atomic E-state index is 0.105. The molecule has 5 nitrogen and oxygen atoms in total. The van der Waals surface area contributed by atoms with Crippen LogP contribution in [0, 0.1) is 0 Å². The number of nitrogens with zero attached hydrogens (tertiary/aromatic N) is 1. The molecule has 0 atom stereocenters. The molecule has 1 aromatic carbocycles. The second-order valence-electron chi connectivity index (χ2n) is 4.83. The minimum atomic E-state index is -0.105. The molecule has 2 rings (SSSR count).